The first-order valence-corrected chi connectivity index (χ1v) is 9.34. The van der Waals surface area contributed by atoms with Crippen molar-refractivity contribution in [2.24, 2.45) is 5.10 Å². The molecule has 0 amide bonds. The number of aromatic amines is 1. The maximum atomic E-state index is 12.4. The average molecular weight is 407 g/mol. The van der Waals surface area contributed by atoms with Crippen molar-refractivity contribution in [2.45, 2.75) is 4.90 Å². The number of methoxy groups -OCH3 is 3. The Morgan fingerprint density at radius 1 is 1.04 bits per heavy atom. The molecule has 0 saturated carbocycles. The average Bonchev–Trinajstić information content (AvgIpc) is 3.06. The number of H-pyrrole nitrogens is 1. The summed E-state index contributed by atoms with van der Waals surface area (Å²) in [5.74, 6) is 0.631. The zero-order valence-electron chi connectivity index (χ0n) is 15.2. The number of hydrazone groups is 1. The van der Waals surface area contributed by atoms with E-state index in [9.17, 15) is 13.2 Å². The minimum Gasteiger partial charge on any atom is -0.496 e. The fraction of sp³-hybridized carbons (Fsp3) is 0.176. The summed E-state index contributed by atoms with van der Waals surface area (Å²) in [5.41, 5.74) is 0.982. The van der Waals surface area contributed by atoms with E-state index in [1.165, 1.54) is 45.7 Å². The highest BCUT2D eigenvalue weighted by molar-refractivity contribution is 7.89. The van der Waals surface area contributed by atoms with Crippen LogP contribution in [0, 0.1) is 0 Å². The second-order valence-electron chi connectivity index (χ2n) is 5.47. The molecule has 2 N–H and O–H groups in total. The predicted molar refractivity (Wildman–Crippen MR) is 101 cm³/mol. The second-order valence-corrected chi connectivity index (χ2v) is 7.14. The summed E-state index contributed by atoms with van der Waals surface area (Å²) in [6.45, 7) is 0. The van der Waals surface area contributed by atoms with Gasteiger partial charge in [-0.1, -0.05) is 0 Å². The fourth-order valence-corrected chi connectivity index (χ4v) is 3.27. The van der Waals surface area contributed by atoms with Crippen molar-refractivity contribution in [2.75, 3.05) is 21.3 Å². The van der Waals surface area contributed by atoms with Gasteiger partial charge in [0, 0.05) is 17.7 Å². The molecule has 0 radical (unpaired) electrons. The molecular formula is C17H17N3O7S. The number of hydrogen-bond donors (Lipinski definition) is 2. The molecule has 148 valence electrons. The molecule has 0 unspecified atom stereocenters. The van der Waals surface area contributed by atoms with Crippen molar-refractivity contribution >= 4 is 27.3 Å². The third kappa shape index (κ3) is 3.78. The molecule has 0 aliphatic heterocycles. The Balaban J connectivity index is 1.87. The Morgan fingerprint density at radius 2 is 1.71 bits per heavy atom. The summed E-state index contributed by atoms with van der Waals surface area (Å²) in [4.78, 5) is 15.6. The molecule has 0 spiro atoms. The Labute approximate surface area is 159 Å². The lowest BCUT2D eigenvalue weighted by molar-refractivity contribution is 0.349. The number of benzene rings is 2. The van der Waals surface area contributed by atoms with Gasteiger partial charge in [-0.05, 0) is 18.2 Å². The summed E-state index contributed by atoms with van der Waals surface area (Å²) >= 11 is 0. The summed E-state index contributed by atoms with van der Waals surface area (Å²) in [6.07, 6.45) is 1.27. The van der Waals surface area contributed by atoms with Gasteiger partial charge in [0.15, 0.2) is 17.1 Å². The van der Waals surface area contributed by atoms with Crippen molar-refractivity contribution < 1.29 is 27.0 Å². The number of oxazole rings is 1. The van der Waals surface area contributed by atoms with Crippen LogP contribution in [0.2, 0.25) is 0 Å². The van der Waals surface area contributed by atoms with Crippen molar-refractivity contribution in [3.05, 3.63) is 46.4 Å². The highest BCUT2D eigenvalue weighted by Gasteiger charge is 2.15. The number of aromatic nitrogens is 1. The molecule has 1 heterocycles. The first-order chi connectivity index (χ1) is 13.4. The third-order valence-corrected chi connectivity index (χ3v) is 5.04. The Hall–Kier alpha value is -3.47. The Kier molecular flexibility index (Phi) is 5.27. The first kappa shape index (κ1) is 19.3. The normalized spacial score (nSPS) is 11.7. The molecule has 11 heteroatoms. The molecule has 2 aromatic carbocycles. The van der Waals surface area contributed by atoms with E-state index in [1.807, 2.05) is 0 Å². The van der Waals surface area contributed by atoms with Gasteiger partial charge in [0.05, 0.1) is 38.0 Å². The summed E-state index contributed by atoms with van der Waals surface area (Å²) in [5, 5.41) is 3.77. The molecule has 0 fully saturated rings. The van der Waals surface area contributed by atoms with Gasteiger partial charge in [0.1, 0.15) is 5.75 Å². The number of ether oxygens (including phenoxy) is 3. The third-order valence-electron chi connectivity index (χ3n) is 3.82. The van der Waals surface area contributed by atoms with E-state index in [1.54, 1.807) is 12.1 Å². The zero-order chi connectivity index (χ0) is 20.3. The number of rotatable bonds is 7. The van der Waals surface area contributed by atoms with Gasteiger partial charge in [-0.3, -0.25) is 4.98 Å². The molecule has 3 aromatic rings. The van der Waals surface area contributed by atoms with Crippen LogP contribution in [0.25, 0.3) is 11.1 Å². The smallest absolute Gasteiger partial charge is 0.417 e. The largest absolute Gasteiger partial charge is 0.496 e. The molecule has 28 heavy (non-hydrogen) atoms. The highest BCUT2D eigenvalue weighted by atomic mass is 32.2. The van der Waals surface area contributed by atoms with Gasteiger partial charge in [0.2, 0.25) is 0 Å². The standard InChI is InChI=1S/C17H17N3O7S/c1-24-13-8-16(26-3)15(25-2)6-10(13)9-18-20-28(22,23)11-4-5-12-14(7-11)27-17(21)19-12/h4-9,20H,1-3H3,(H,19,21)/b18-9+. The number of sulfonamides is 1. The number of hydrogen-bond acceptors (Lipinski definition) is 8. The van der Waals surface area contributed by atoms with Crippen molar-refractivity contribution in [1.29, 1.82) is 0 Å². The maximum Gasteiger partial charge on any atom is 0.417 e. The van der Waals surface area contributed by atoms with Crippen LogP contribution in [0.5, 0.6) is 17.2 Å². The molecule has 3 rings (SSSR count). The quantitative estimate of drug-likeness (QED) is 0.447. The number of fused-ring (bicyclic) bond motifs is 1. The lowest BCUT2D eigenvalue weighted by Crippen LogP contribution is -2.18. The van der Waals surface area contributed by atoms with E-state index in [4.69, 9.17) is 18.6 Å². The van der Waals surface area contributed by atoms with Crippen LogP contribution in [0.1, 0.15) is 5.56 Å². The van der Waals surface area contributed by atoms with Gasteiger partial charge in [0.25, 0.3) is 10.0 Å². The first-order valence-electron chi connectivity index (χ1n) is 7.85. The van der Waals surface area contributed by atoms with Crippen molar-refractivity contribution in [1.82, 2.24) is 9.82 Å². The van der Waals surface area contributed by atoms with Crippen LogP contribution >= 0.6 is 0 Å². The van der Waals surface area contributed by atoms with Crippen molar-refractivity contribution in [3.8, 4) is 17.2 Å². The summed E-state index contributed by atoms with van der Waals surface area (Å²) in [6, 6.07) is 7.16. The molecule has 0 atom stereocenters. The van der Waals surface area contributed by atoms with Gasteiger partial charge >= 0.3 is 5.76 Å². The molecule has 0 aliphatic carbocycles. The number of nitrogens with zero attached hydrogens (tertiary/aromatic N) is 1. The lowest BCUT2D eigenvalue weighted by atomic mass is 10.2. The van der Waals surface area contributed by atoms with Gasteiger partial charge in [-0.2, -0.15) is 13.5 Å². The highest BCUT2D eigenvalue weighted by Crippen LogP contribution is 2.33. The fourth-order valence-electron chi connectivity index (χ4n) is 2.46. The minimum atomic E-state index is -3.98. The predicted octanol–water partition coefficient (Wildman–Crippen LogP) is 1.46. The minimum absolute atomic E-state index is 0.112. The molecule has 1 aromatic heterocycles. The summed E-state index contributed by atoms with van der Waals surface area (Å²) < 4.78 is 45.4. The number of nitrogens with one attached hydrogen (secondary N) is 2. The summed E-state index contributed by atoms with van der Waals surface area (Å²) in [7, 11) is 0.444. The van der Waals surface area contributed by atoms with E-state index < -0.39 is 15.8 Å². The van der Waals surface area contributed by atoms with E-state index >= 15 is 0 Å². The van der Waals surface area contributed by atoms with E-state index in [2.05, 4.69) is 14.9 Å². The molecule has 0 saturated heterocycles. The van der Waals surface area contributed by atoms with E-state index in [0.29, 0.717) is 28.3 Å². The van der Waals surface area contributed by atoms with Crippen molar-refractivity contribution in [3.63, 3.8) is 0 Å². The maximum absolute atomic E-state index is 12.4. The SMILES string of the molecule is COc1cc(OC)c(OC)cc1/C=N/NS(=O)(=O)c1ccc2[nH]c(=O)oc2c1. The molecule has 0 aliphatic rings. The molecule has 0 bridgehead atoms. The lowest BCUT2D eigenvalue weighted by Gasteiger charge is -2.11. The zero-order valence-corrected chi connectivity index (χ0v) is 16.0. The molecule has 10 nitrogen and oxygen atoms in total. The van der Waals surface area contributed by atoms with Gasteiger partial charge in [-0.25, -0.2) is 9.63 Å². The topological polar surface area (TPSA) is 132 Å². The van der Waals surface area contributed by atoms with Crippen LogP contribution in [0.15, 0.2) is 49.5 Å². The van der Waals surface area contributed by atoms with Crippen LogP contribution in [0.3, 0.4) is 0 Å². The van der Waals surface area contributed by atoms with Crippen LogP contribution in [-0.2, 0) is 10.0 Å². The van der Waals surface area contributed by atoms with Crippen LogP contribution in [0.4, 0.5) is 0 Å². The Morgan fingerprint density at radius 3 is 2.39 bits per heavy atom. The van der Waals surface area contributed by atoms with E-state index in [0.717, 1.165) is 0 Å². The van der Waals surface area contributed by atoms with E-state index in [-0.39, 0.29) is 10.5 Å². The Bertz CT molecular complexity index is 1200. The molecular weight excluding hydrogens is 390 g/mol. The monoisotopic (exact) mass is 407 g/mol. The van der Waals surface area contributed by atoms with Gasteiger partial charge < -0.3 is 18.6 Å². The van der Waals surface area contributed by atoms with Crippen LogP contribution in [-0.4, -0.2) is 40.9 Å². The second kappa shape index (κ2) is 7.64. The van der Waals surface area contributed by atoms with Crippen LogP contribution < -0.4 is 24.8 Å². The van der Waals surface area contributed by atoms with Gasteiger partial charge in [-0.15, -0.1) is 0 Å².